The molecule has 3 N–H and O–H groups in total. The smallest absolute Gasteiger partial charge is 0.158 e. The third-order valence-corrected chi connectivity index (χ3v) is 3.26. The van der Waals surface area contributed by atoms with Gasteiger partial charge in [-0.25, -0.2) is 15.8 Å². The maximum atomic E-state index is 5.27. The Balaban J connectivity index is 2.94. The van der Waals surface area contributed by atoms with Gasteiger partial charge in [0.15, 0.2) is 5.82 Å². The largest absolute Gasteiger partial charge is 0.307 e. The zero-order chi connectivity index (χ0) is 9.84. The van der Waals surface area contributed by atoms with Crippen LogP contribution in [0.25, 0.3) is 0 Å². The van der Waals surface area contributed by atoms with Gasteiger partial charge < -0.3 is 5.43 Å². The molecule has 0 aliphatic carbocycles. The first-order valence-corrected chi connectivity index (χ1v) is 5.46. The van der Waals surface area contributed by atoms with E-state index in [9.17, 15) is 0 Å². The highest BCUT2D eigenvalue weighted by atomic mass is 79.9. The maximum Gasteiger partial charge on any atom is 0.158 e. The highest BCUT2D eigenvalue weighted by molar-refractivity contribution is 9.10. The standard InChI is InChI=1S/C7H11BrN4S/c1-4(2)13-7-5(8)6(12-9)10-3-11-7/h3-4H,9H2,1-2H3,(H,10,11,12). The summed E-state index contributed by atoms with van der Waals surface area (Å²) in [6.07, 6.45) is 1.49. The molecule has 0 saturated carbocycles. The summed E-state index contributed by atoms with van der Waals surface area (Å²) in [4.78, 5) is 8.09. The number of hydrogen-bond donors (Lipinski definition) is 2. The number of anilines is 1. The molecule has 0 fully saturated rings. The molecule has 1 aromatic rings. The molecule has 0 aliphatic heterocycles. The van der Waals surface area contributed by atoms with E-state index in [4.69, 9.17) is 5.84 Å². The zero-order valence-electron chi connectivity index (χ0n) is 7.41. The van der Waals surface area contributed by atoms with E-state index in [1.807, 2.05) is 0 Å². The number of nitrogens with zero attached hydrogens (tertiary/aromatic N) is 2. The van der Waals surface area contributed by atoms with E-state index in [0.717, 1.165) is 9.50 Å². The lowest BCUT2D eigenvalue weighted by Gasteiger charge is -2.08. The normalized spacial score (nSPS) is 10.5. The Morgan fingerprint density at radius 1 is 1.54 bits per heavy atom. The fourth-order valence-electron chi connectivity index (χ4n) is 0.760. The maximum absolute atomic E-state index is 5.27. The molecule has 1 rings (SSSR count). The van der Waals surface area contributed by atoms with Gasteiger partial charge in [-0.3, -0.25) is 0 Å². The van der Waals surface area contributed by atoms with Gasteiger partial charge >= 0.3 is 0 Å². The molecular weight excluding hydrogens is 252 g/mol. The van der Waals surface area contributed by atoms with Crippen LogP contribution in [0.4, 0.5) is 5.82 Å². The molecule has 1 aromatic heterocycles. The van der Waals surface area contributed by atoms with Crippen LogP contribution in [-0.2, 0) is 0 Å². The summed E-state index contributed by atoms with van der Waals surface area (Å²) in [6, 6.07) is 0. The minimum atomic E-state index is 0.483. The van der Waals surface area contributed by atoms with Crippen molar-refractivity contribution in [2.45, 2.75) is 24.1 Å². The lowest BCUT2D eigenvalue weighted by Crippen LogP contribution is -2.10. The van der Waals surface area contributed by atoms with E-state index >= 15 is 0 Å². The van der Waals surface area contributed by atoms with E-state index in [1.54, 1.807) is 11.8 Å². The molecular formula is C7H11BrN4S. The number of thioether (sulfide) groups is 1. The number of nitrogens with two attached hydrogens (primary N) is 1. The Morgan fingerprint density at radius 3 is 2.77 bits per heavy atom. The number of nitrogen functional groups attached to an aromatic ring is 1. The molecule has 13 heavy (non-hydrogen) atoms. The molecule has 0 unspecified atom stereocenters. The zero-order valence-corrected chi connectivity index (χ0v) is 9.82. The second kappa shape index (κ2) is 4.78. The summed E-state index contributed by atoms with van der Waals surface area (Å²) in [7, 11) is 0. The molecule has 0 saturated heterocycles. The van der Waals surface area contributed by atoms with Crippen molar-refractivity contribution in [2.75, 3.05) is 5.43 Å². The van der Waals surface area contributed by atoms with Crippen LogP contribution >= 0.6 is 27.7 Å². The van der Waals surface area contributed by atoms with Crippen molar-refractivity contribution in [3.05, 3.63) is 10.8 Å². The van der Waals surface area contributed by atoms with Crippen LogP contribution < -0.4 is 11.3 Å². The Labute approximate surface area is 89.8 Å². The summed E-state index contributed by atoms with van der Waals surface area (Å²) in [5.74, 6) is 5.88. The lowest BCUT2D eigenvalue weighted by molar-refractivity contribution is 1.00. The van der Waals surface area contributed by atoms with Crippen LogP contribution in [0.1, 0.15) is 13.8 Å². The second-order valence-electron chi connectivity index (χ2n) is 2.65. The van der Waals surface area contributed by atoms with E-state index < -0.39 is 0 Å². The third-order valence-electron chi connectivity index (χ3n) is 1.24. The van der Waals surface area contributed by atoms with Crippen LogP contribution in [0.3, 0.4) is 0 Å². The van der Waals surface area contributed by atoms with Gasteiger partial charge in [0.1, 0.15) is 11.4 Å². The molecule has 0 bridgehead atoms. The molecule has 1 heterocycles. The molecule has 0 amide bonds. The van der Waals surface area contributed by atoms with Gasteiger partial charge in [0.25, 0.3) is 0 Å². The molecule has 6 heteroatoms. The highest BCUT2D eigenvalue weighted by Crippen LogP contribution is 2.31. The quantitative estimate of drug-likeness (QED) is 0.378. The number of hydrogen-bond acceptors (Lipinski definition) is 5. The lowest BCUT2D eigenvalue weighted by atomic mass is 10.6. The Bertz CT molecular complexity index is 292. The van der Waals surface area contributed by atoms with Gasteiger partial charge in [0.05, 0.1) is 4.47 Å². The number of nitrogens with one attached hydrogen (secondary N) is 1. The van der Waals surface area contributed by atoms with Crippen LogP contribution in [0, 0.1) is 0 Å². The van der Waals surface area contributed by atoms with Gasteiger partial charge in [0.2, 0.25) is 0 Å². The first kappa shape index (κ1) is 10.7. The minimum Gasteiger partial charge on any atom is -0.307 e. The van der Waals surface area contributed by atoms with E-state index in [0.29, 0.717) is 11.1 Å². The number of rotatable bonds is 3. The number of halogens is 1. The molecule has 0 aliphatic rings. The van der Waals surface area contributed by atoms with Gasteiger partial charge in [-0.1, -0.05) is 13.8 Å². The first-order valence-electron chi connectivity index (χ1n) is 3.79. The second-order valence-corrected chi connectivity index (χ2v) is 5.01. The predicted molar refractivity (Wildman–Crippen MR) is 58.5 cm³/mol. The van der Waals surface area contributed by atoms with E-state index in [-0.39, 0.29) is 0 Å². The van der Waals surface area contributed by atoms with Crippen molar-refractivity contribution in [2.24, 2.45) is 5.84 Å². The number of aromatic nitrogens is 2. The SMILES string of the molecule is CC(C)Sc1ncnc(NN)c1Br. The van der Waals surface area contributed by atoms with Crippen LogP contribution in [0.2, 0.25) is 0 Å². The van der Waals surface area contributed by atoms with Gasteiger partial charge in [-0.15, -0.1) is 11.8 Å². The van der Waals surface area contributed by atoms with Crippen molar-refractivity contribution in [1.82, 2.24) is 9.97 Å². The fourth-order valence-corrected chi connectivity index (χ4v) is 2.11. The monoisotopic (exact) mass is 262 g/mol. The Kier molecular flexibility index (Phi) is 3.95. The highest BCUT2D eigenvalue weighted by Gasteiger charge is 2.09. The van der Waals surface area contributed by atoms with Gasteiger partial charge in [-0.05, 0) is 15.9 Å². The predicted octanol–water partition coefficient (Wildman–Crippen LogP) is 2.03. The third kappa shape index (κ3) is 2.82. The summed E-state index contributed by atoms with van der Waals surface area (Å²) in [5, 5.41) is 1.38. The molecule has 4 nitrogen and oxygen atoms in total. The summed E-state index contributed by atoms with van der Waals surface area (Å²) < 4.78 is 0.816. The van der Waals surface area contributed by atoms with E-state index in [2.05, 4.69) is 45.2 Å². The summed E-state index contributed by atoms with van der Waals surface area (Å²) in [6.45, 7) is 4.21. The van der Waals surface area contributed by atoms with Crippen molar-refractivity contribution < 1.29 is 0 Å². The van der Waals surface area contributed by atoms with Crippen molar-refractivity contribution in [1.29, 1.82) is 0 Å². The average molecular weight is 263 g/mol. The minimum absolute atomic E-state index is 0.483. The Hall–Kier alpha value is -0.330. The van der Waals surface area contributed by atoms with E-state index in [1.165, 1.54) is 6.33 Å². The van der Waals surface area contributed by atoms with Gasteiger partial charge in [-0.2, -0.15) is 0 Å². The number of hydrazine groups is 1. The molecule has 0 aromatic carbocycles. The van der Waals surface area contributed by atoms with Crippen molar-refractivity contribution in [3.8, 4) is 0 Å². The first-order chi connectivity index (χ1) is 6.15. The summed E-state index contributed by atoms with van der Waals surface area (Å²) in [5.41, 5.74) is 2.50. The average Bonchev–Trinajstić information content (AvgIpc) is 2.08. The molecule has 0 atom stereocenters. The summed E-state index contributed by atoms with van der Waals surface area (Å²) >= 11 is 5.04. The molecule has 72 valence electrons. The molecule has 0 radical (unpaired) electrons. The topological polar surface area (TPSA) is 63.8 Å². The molecule has 0 spiro atoms. The van der Waals surface area contributed by atoms with Crippen molar-refractivity contribution in [3.63, 3.8) is 0 Å². The van der Waals surface area contributed by atoms with Crippen molar-refractivity contribution >= 4 is 33.5 Å². The van der Waals surface area contributed by atoms with Crippen LogP contribution in [-0.4, -0.2) is 15.2 Å². The Morgan fingerprint density at radius 2 is 2.23 bits per heavy atom. The van der Waals surface area contributed by atoms with Gasteiger partial charge in [0, 0.05) is 5.25 Å². The van der Waals surface area contributed by atoms with Crippen LogP contribution in [0.15, 0.2) is 15.8 Å². The fraction of sp³-hybridized carbons (Fsp3) is 0.429. The van der Waals surface area contributed by atoms with Crippen LogP contribution in [0.5, 0.6) is 0 Å².